The van der Waals surface area contributed by atoms with Crippen LogP contribution in [0.5, 0.6) is 0 Å². The molecule has 2 atom stereocenters. The molecule has 0 spiro atoms. The molecule has 0 aromatic carbocycles. The van der Waals surface area contributed by atoms with Crippen LogP contribution in [0.1, 0.15) is 29.5 Å². The van der Waals surface area contributed by atoms with Crippen molar-refractivity contribution in [3.05, 3.63) is 53.3 Å². The number of carbonyl (C=O) groups is 4. The fourth-order valence-electron chi connectivity index (χ4n) is 3.68. The number of anilines is 1. The number of allylic oxidation sites excluding steroid dienone is 1. The zero-order chi connectivity index (χ0) is 27.4. The molecule has 2 aliphatic rings. The SMILES string of the molecule is CCO/N=C(/C(=O)NC1C(=O)N2C(C(=O)[O-])=C(C/C=C/[n+]3ccc(C(=O)O)cc3)CS[C@H]12)c1nsc(N)n1. The highest BCUT2D eigenvalue weighted by atomic mass is 32.2. The number of aromatic carboxylic acids is 1. The predicted octanol–water partition coefficient (Wildman–Crippen LogP) is -1.19. The molecule has 4 N–H and O–H groups in total. The van der Waals surface area contributed by atoms with Gasteiger partial charge in [0, 0.05) is 29.4 Å². The summed E-state index contributed by atoms with van der Waals surface area (Å²) in [6, 6.07) is 1.85. The number of oxime groups is 1. The second kappa shape index (κ2) is 11.4. The van der Waals surface area contributed by atoms with Crippen LogP contribution in [0.25, 0.3) is 6.20 Å². The van der Waals surface area contributed by atoms with Gasteiger partial charge in [-0.05, 0) is 25.0 Å². The van der Waals surface area contributed by atoms with Crippen LogP contribution in [0.3, 0.4) is 0 Å². The first-order valence-electron chi connectivity index (χ1n) is 11.1. The lowest BCUT2D eigenvalue weighted by Gasteiger charge is -2.50. The molecule has 198 valence electrons. The number of nitrogen functional groups attached to an aromatic ring is 1. The molecule has 4 heterocycles. The molecule has 4 rings (SSSR count). The fourth-order valence-corrected chi connectivity index (χ4v) is 5.48. The van der Waals surface area contributed by atoms with Crippen molar-refractivity contribution in [2.75, 3.05) is 18.1 Å². The first kappa shape index (κ1) is 26.7. The summed E-state index contributed by atoms with van der Waals surface area (Å²) >= 11 is 2.16. The van der Waals surface area contributed by atoms with Crippen LogP contribution in [0.15, 0.2) is 47.0 Å². The molecule has 2 amide bonds. The molecule has 1 saturated heterocycles. The number of carboxylic acid groups (broad SMARTS) is 2. The number of carbonyl (C=O) groups excluding carboxylic acids is 3. The topological polar surface area (TPSA) is 204 Å². The quantitative estimate of drug-likeness (QED) is 0.137. The van der Waals surface area contributed by atoms with E-state index in [0.717, 1.165) is 16.4 Å². The van der Waals surface area contributed by atoms with Gasteiger partial charge in [0.05, 0.1) is 17.2 Å². The van der Waals surface area contributed by atoms with Gasteiger partial charge in [0.1, 0.15) is 18.0 Å². The molecule has 14 nitrogen and oxygen atoms in total. The van der Waals surface area contributed by atoms with E-state index in [1.165, 1.54) is 23.9 Å². The summed E-state index contributed by atoms with van der Waals surface area (Å²) in [6.45, 7) is 1.84. The van der Waals surface area contributed by atoms with E-state index >= 15 is 0 Å². The number of pyridine rings is 1. The van der Waals surface area contributed by atoms with Gasteiger partial charge in [-0.1, -0.05) is 5.16 Å². The van der Waals surface area contributed by atoms with Gasteiger partial charge in [0.15, 0.2) is 23.7 Å². The highest BCUT2D eigenvalue weighted by Gasteiger charge is 2.53. The number of nitrogens with two attached hydrogens (primary N) is 1. The molecule has 2 aromatic rings. The van der Waals surface area contributed by atoms with Gasteiger partial charge in [-0.15, -0.1) is 11.8 Å². The maximum atomic E-state index is 12.9. The van der Waals surface area contributed by atoms with E-state index in [1.54, 1.807) is 36.2 Å². The number of aliphatic carboxylic acids is 1. The minimum atomic E-state index is -1.50. The smallest absolute Gasteiger partial charge is 0.336 e. The van der Waals surface area contributed by atoms with E-state index in [2.05, 4.69) is 19.8 Å². The number of fused-ring (bicyclic) bond motifs is 1. The number of hydrogen-bond acceptors (Lipinski definition) is 12. The molecule has 0 radical (unpaired) electrons. The number of hydrogen-bond donors (Lipinski definition) is 3. The summed E-state index contributed by atoms with van der Waals surface area (Å²) in [5.74, 6) is -3.71. The van der Waals surface area contributed by atoms with E-state index < -0.39 is 35.2 Å². The fraction of sp³-hybridized carbons (Fsp3) is 0.273. The van der Waals surface area contributed by atoms with Gasteiger partial charge in [-0.2, -0.15) is 13.9 Å². The average molecular weight is 560 g/mol. The Kier molecular flexibility index (Phi) is 8.02. The summed E-state index contributed by atoms with van der Waals surface area (Å²) in [5, 5.41) is 26.7. The van der Waals surface area contributed by atoms with Crippen molar-refractivity contribution < 1.29 is 38.8 Å². The van der Waals surface area contributed by atoms with Crippen molar-refractivity contribution in [1.29, 1.82) is 0 Å². The lowest BCUT2D eigenvalue weighted by Crippen LogP contribution is -2.71. The summed E-state index contributed by atoms with van der Waals surface area (Å²) in [6.07, 6.45) is 6.63. The Balaban J connectivity index is 1.47. The number of amides is 2. The molecule has 38 heavy (non-hydrogen) atoms. The molecule has 0 saturated carbocycles. The van der Waals surface area contributed by atoms with Gasteiger partial charge < -0.3 is 30.9 Å². The third kappa shape index (κ3) is 5.50. The Hall–Kier alpha value is -4.31. The molecule has 1 unspecified atom stereocenters. The Morgan fingerprint density at radius 3 is 2.74 bits per heavy atom. The monoisotopic (exact) mass is 559 g/mol. The number of rotatable bonds is 10. The van der Waals surface area contributed by atoms with Crippen LogP contribution in [-0.4, -0.2) is 72.6 Å². The Bertz CT molecular complexity index is 1370. The highest BCUT2D eigenvalue weighted by molar-refractivity contribution is 8.00. The van der Waals surface area contributed by atoms with Crippen molar-refractivity contribution in [2.24, 2.45) is 5.16 Å². The zero-order valence-electron chi connectivity index (χ0n) is 19.8. The lowest BCUT2D eigenvalue weighted by molar-refractivity contribution is -0.568. The summed E-state index contributed by atoms with van der Waals surface area (Å²) in [4.78, 5) is 58.8. The number of thioether (sulfide) groups is 1. The molecule has 0 aliphatic carbocycles. The normalized spacial score (nSPS) is 19.2. The van der Waals surface area contributed by atoms with Gasteiger partial charge in [0.25, 0.3) is 11.8 Å². The number of carboxylic acids is 2. The summed E-state index contributed by atoms with van der Waals surface area (Å²) in [7, 11) is 0. The average Bonchev–Trinajstić information content (AvgIpc) is 3.32. The molecule has 2 aliphatic heterocycles. The van der Waals surface area contributed by atoms with Crippen LogP contribution in [0.4, 0.5) is 5.13 Å². The first-order chi connectivity index (χ1) is 18.2. The molecular weight excluding hydrogens is 538 g/mol. The molecule has 1 fully saturated rings. The molecule has 16 heteroatoms. The minimum Gasteiger partial charge on any atom is -0.543 e. The second-order valence-electron chi connectivity index (χ2n) is 7.84. The Labute approximate surface area is 223 Å². The van der Waals surface area contributed by atoms with Crippen LogP contribution in [-0.2, 0) is 19.2 Å². The van der Waals surface area contributed by atoms with Crippen molar-refractivity contribution >= 4 is 64.1 Å². The molecular formula is C22H21N7O7S2. The van der Waals surface area contributed by atoms with E-state index in [1.807, 2.05) is 0 Å². The van der Waals surface area contributed by atoms with Gasteiger partial charge in [-0.25, -0.2) is 4.79 Å². The number of β-lactam (4-membered cyclic amide) rings is 1. The highest BCUT2D eigenvalue weighted by Crippen LogP contribution is 2.41. The van der Waals surface area contributed by atoms with E-state index in [-0.39, 0.29) is 46.7 Å². The van der Waals surface area contributed by atoms with Crippen molar-refractivity contribution in [2.45, 2.75) is 24.8 Å². The number of nitrogens with zero attached hydrogens (tertiary/aromatic N) is 5. The molecule has 0 bridgehead atoms. The van der Waals surface area contributed by atoms with Gasteiger partial charge in [-0.3, -0.25) is 14.5 Å². The molecule has 2 aromatic heterocycles. The lowest BCUT2D eigenvalue weighted by atomic mass is 10.0. The second-order valence-corrected chi connectivity index (χ2v) is 9.73. The largest absolute Gasteiger partial charge is 0.543 e. The van der Waals surface area contributed by atoms with Crippen molar-refractivity contribution in [1.82, 2.24) is 19.6 Å². The van der Waals surface area contributed by atoms with E-state index in [0.29, 0.717) is 5.57 Å². The first-order valence-corrected chi connectivity index (χ1v) is 12.9. The summed E-state index contributed by atoms with van der Waals surface area (Å²) < 4.78 is 5.56. The maximum absolute atomic E-state index is 12.9. The van der Waals surface area contributed by atoms with Crippen LogP contribution in [0.2, 0.25) is 0 Å². The number of nitrogens with one attached hydrogen (secondary N) is 1. The van der Waals surface area contributed by atoms with Crippen molar-refractivity contribution in [3.8, 4) is 0 Å². The minimum absolute atomic E-state index is 0.0572. The van der Waals surface area contributed by atoms with E-state index in [9.17, 15) is 24.3 Å². The van der Waals surface area contributed by atoms with Crippen LogP contribution < -0.4 is 20.7 Å². The third-order valence-electron chi connectivity index (χ3n) is 5.42. The Morgan fingerprint density at radius 1 is 1.39 bits per heavy atom. The van der Waals surface area contributed by atoms with Crippen molar-refractivity contribution in [3.63, 3.8) is 0 Å². The van der Waals surface area contributed by atoms with Crippen LogP contribution >= 0.6 is 23.3 Å². The maximum Gasteiger partial charge on any atom is 0.336 e. The van der Waals surface area contributed by atoms with Crippen LogP contribution in [0, 0.1) is 0 Å². The zero-order valence-corrected chi connectivity index (χ0v) is 21.4. The Morgan fingerprint density at radius 2 is 2.13 bits per heavy atom. The number of aromatic nitrogens is 3. The third-order valence-corrected chi connectivity index (χ3v) is 7.30. The van der Waals surface area contributed by atoms with E-state index in [4.69, 9.17) is 15.7 Å². The standard InChI is InChI=1S/C22H21N7O7S2/c1-2-36-26-13(16-25-22(23)38-27-16)17(30)24-14-18(31)29-15(21(34)35)12(10-37-19(14)29)4-3-7-28-8-5-11(6-9-28)20(32)33/h3,5-9,14,19H,2,4,10H2,1H3,(H4-,23,24,25,27,30,32,33,34,35)/b7-3+,26-13+/t14?,19-/m1/s1. The van der Waals surface area contributed by atoms with Gasteiger partial charge in [0.2, 0.25) is 11.5 Å². The predicted molar refractivity (Wildman–Crippen MR) is 133 cm³/mol. The van der Waals surface area contributed by atoms with Gasteiger partial charge >= 0.3 is 5.97 Å². The summed E-state index contributed by atoms with van der Waals surface area (Å²) in [5.41, 5.74) is 5.69.